The van der Waals surface area contributed by atoms with Crippen molar-refractivity contribution in [3.63, 3.8) is 0 Å². The van der Waals surface area contributed by atoms with E-state index in [2.05, 4.69) is 10.3 Å². The van der Waals surface area contributed by atoms with Crippen LogP contribution in [0.25, 0.3) is 0 Å². The Kier molecular flexibility index (Phi) is 7.32. The van der Waals surface area contributed by atoms with Crippen molar-refractivity contribution in [1.29, 1.82) is 0 Å². The number of alkyl halides is 4. The van der Waals surface area contributed by atoms with E-state index in [0.29, 0.717) is 6.07 Å². The first-order valence-corrected chi connectivity index (χ1v) is 11.9. The average Bonchev–Trinajstić information content (AvgIpc) is 3.11. The zero-order chi connectivity index (χ0) is 28.9. The highest BCUT2D eigenvalue weighted by Gasteiger charge is 2.66. The summed E-state index contributed by atoms with van der Waals surface area (Å²) in [6.07, 6.45) is -5.69. The summed E-state index contributed by atoms with van der Waals surface area (Å²) >= 11 is 0. The monoisotopic (exact) mass is 560 g/mol. The second kappa shape index (κ2) is 9.97. The predicted octanol–water partition coefficient (Wildman–Crippen LogP) is 3.57. The summed E-state index contributed by atoms with van der Waals surface area (Å²) in [7, 11) is 1.64. The molecule has 212 valence electrons. The van der Waals surface area contributed by atoms with Crippen LogP contribution >= 0.6 is 0 Å². The van der Waals surface area contributed by atoms with Crippen LogP contribution in [-0.2, 0) is 9.53 Å². The first kappa shape index (κ1) is 28.6. The number of anilines is 1. The Labute approximate surface area is 219 Å². The number of nitrogens with two attached hydrogens (primary N) is 1. The van der Waals surface area contributed by atoms with Crippen molar-refractivity contribution < 1.29 is 45.4 Å². The highest BCUT2D eigenvalue weighted by Crippen LogP contribution is 2.55. The van der Waals surface area contributed by atoms with Gasteiger partial charge in [-0.3, -0.25) is 19.5 Å². The summed E-state index contributed by atoms with van der Waals surface area (Å²) < 4.78 is 97.3. The number of likely N-dealkylation sites (tertiary alicyclic amines) is 1. The van der Waals surface area contributed by atoms with E-state index in [9.17, 15) is 35.9 Å². The Balaban J connectivity index is 1.74. The molecule has 0 unspecified atom stereocenters. The van der Waals surface area contributed by atoms with Crippen molar-refractivity contribution >= 4 is 17.5 Å². The van der Waals surface area contributed by atoms with E-state index in [4.69, 9.17) is 15.2 Å². The molecule has 39 heavy (non-hydrogen) atoms. The number of amides is 2. The van der Waals surface area contributed by atoms with Crippen LogP contribution in [0.1, 0.15) is 35.8 Å². The third-order valence-electron chi connectivity index (χ3n) is 7.23. The van der Waals surface area contributed by atoms with Gasteiger partial charge in [-0.1, -0.05) is 13.0 Å². The number of benzene rings is 1. The Hall–Kier alpha value is -3.39. The zero-order valence-corrected chi connectivity index (χ0v) is 21.1. The van der Waals surface area contributed by atoms with Crippen LogP contribution in [0, 0.1) is 17.6 Å². The van der Waals surface area contributed by atoms with Crippen molar-refractivity contribution in [2.75, 3.05) is 32.1 Å². The minimum absolute atomic E-state index is 0.0188. The number of aromatic nitrogens is 1. The molecule has 3 N–H and O–H groups in total. The van der Waals surface area contributed by atoms with Gasteiger partial charge in [-0.05, 0) is 32.2 Å². The summed E-state index contributed by atoms with van der Waals surface area (Å²) in [5.74, 6) is -8.69. The van der Waals surface area contributed by atoms with Gasteiger partial charge in [0.25, 0.3) is 11.8 Å². The molecule has 2 aromatic rings. The van der Waals surface area contributed by atoms with Gasteiger partial charge in [0.05, 0.1) is 0 Å². The molecule has 0 radical (unpaired) electrons. The molecule has 0 saturated carbocycles. The van der Waals surface area contributed by atoms with Crippen LogP contribution in [-0.4, -0.2) is 72.0 Å². The van der Waals surface area contributed by atoms with E-state index < -0.39 is 71.2 Å². The third-order valence-corrected chi connectivity index (χ3v) is 7.23. The molecular weight excluding hydrogens is 534 g/mol. The van der Waals surface area contributed by atoms with Crippen LogP contribution in [0.4, 0.5) is 32.0 Å². The number of nitrogens with zero attached hydrogens (tertiary/aromatic N) is 2. The Morgan fingerprint density at radius 1 is 1.26 bits per heavy atom. The van der Waals surface area contributed by atoms with Crippen LogP contribution in [0.3, 0.4) is 0 Å². The van der Waals surface area contributed by atoms with Crippen LogP contribution < -0.4 is 15.8 Å². The van der Waals surface area contributed by atoms with E-state index in [1.54, 1.807) is 11.9 Å². The van der Waals surface area contributed by atoms with E-state index in [1.807, 2.05) is 0 Å². The summed E-state index contributed by atoms with van der Waals surface area (Å²) in [5, 5.41) is 2.36. The molecule has 1 aromatic carbocycles. The Morgan fingerprint density at radius 3 is 2.51 bits per heavy atom. The number of ether oxygens (including phenoxy) is 2. The molecule has 2 saturated heterocycles. The molecule has 8 nitrogen and oxygen atoms in total. The van der Waals surface area contributed by atoms with Gasteiger partial charge < -0.3 is 20.5 Å². The first-order chi connectivity index (χ1) is 18.1. The van der Waals surface area contributed by atoms with E-state index >= 15 is 0 Å². The summed E-state index contributed by atoms with van der Waals surface area (Å²) in [6.45, 7) is 1.13. The van der Waals surface area contributed by atoms with Crippen molar-refractivity contribution in [2.45, 2.75) is 43.3 Å². The predicted molar refractivity (Wildman–Crippen MR) is 126 cm³/mol. The summed E-state index contributed by atoms with van der Waals surface area (Å²) in [5.41, 5.74) is -0.0996. The molecular formula is C25H26F6N4O4. The zero-order valence-electron chi connectivity index (χ0n) is 21.1. The average molecular weight is 560 g/mol. The standard InChI is InChI=1S/C25H26F6N4O4/c1-12-17(14-4-5-15(26)18(27)19(14)38-11-24(28)9-35(3)10-24)20(39-23(12,2)25(29,30)31)22(37)34-13-6-7-33-16(8-13)21(32)36/h4-8,12,17,20H,9-11H2,1-3H3,(H2,32,36)(H,33,34,37)/t12-,17-,20+,23+/m0/s1. The molecule has 2 amide bonds. The maximum Gasteiger partial charge on any atom is 0.417 e. The molecule has 1 aromatic heterocycles. The van der Waals surface area contributed by atoms with Crippen LogP contribution in [0.2, 0.25) is 0 Å². The Bertz CT molecular complexity index is 1290. The molecule has 2 aliphatic rings. The van der Waals surface area contributed by atoms with Gasteiger partial charge in [0, 0.05) is 42.4 Å². The van der Waals surface area contributed by atoms with Gasteiger partial charge in [-0.15, -0.1) is 0 Å². The fraction of sp³-hybridized carbons (Fsp3) is 0.480. The molecule has 0 spiro atoms. The summed E-state index contributed by atoms with van der Waals surface area (Å²) in [6, 6.07) is 4.06. The highest BCUT2D eigenvalue weighted by atomic mass is 19.4. The minimum atomic E-state index is -4.96. The lowest BCUT2D eigenvalue weighted by molar-refractivity contribution is -0.272. The number of carbonyl (C=O) groups excluding carboxylic acids is 2. The number of hydrogen-bond donors (Lipinski definition) is 2. The molecule has 4 rings (SSSR count). The fourth-order valence-electron chi connectivity index (χ4n) is 5.05. The number of primary amides is 1. The number of carbonyl (C=O) groups is 2. The van der Waals surface area contributed by atoms with Gasteiger partial charge >= 0.3 is 6.18 Å². The largest absolute Gasteiger partial charge is 0.487 e. The van der Waals surface area contributed by atoms with Gasteiger partial charge in [-0.2, -0.15) is 17.6 Å². The van der Waals surface area contributed by atoms with Crippen molar-refractivity contribution in [2.24, 2.45) is 11.7 Å². The van der Waals surface area contributed by atoms with Gasteiger partial charge in [0.15, 0.2) is 22.8 Å². The SMILES string of the molecule is C[C@H]1[C@@H](c2ccc(F)c(F)c2OCC2(F)CN(C)C2)[C@H](C(=O)Nc2ccnc(C(N)=O)c2)O[C@@]1(C)C(F)(F)F. The quantitative estimate of drug-likeness (QED) is 0.502. The van der Waals surface area contributed by atoms with Crippen LogP contribution in [0.5, 0.6) is 5.75 Å². The van der Waals surface area contributed by atoms with Crippen molar-refractivity contribution in [1.82, 2.24) is 9.88 Å². The molecule has 2 fully saturated rings. The second-order valence-electron chi connectivity index (χ2n) is 10.1. The molecule has 0 bridgehead atoms. The van der Waals surface area contributed by atoms with Crippen molar-refractivity contribution in [3.05, 3.63) is 53.4 Å². The first-order valence-electron chi connectivity index (χ1n) is 11.9. The highest BCUT2D eigenvalue weighted by molar-refractivity contribution is 5.97. The molecule has 14 heteroatoms. The van der Waals surface area contributed by atoms with Gasteiger partial charge in [0.1, 0.15) is 18.4 Å². The fourth-order valence-corrected chi connectivity index (χ4v) is 5.05. The third kappa shape index (κ3) is 5.26. The maximum atomic E-state index is 15.0. The van der Waals surface area contributed by atoms with Crippen molar-refractivity contribution in [3.8, 4) is 5.75 Å². The van der Waals surface area contributed by atoms with Gasteiger partial charge in [0.2, 0.25) is 5.82 Å². The molecule has 2 aliphatic heterocycles. The van der Waals surface area contributed by atoms with E-state index in [0.717, 1.165) is 32.2 Å². The van der Waals surface area contributed by atoms with Gasteiger partial charge in [-0.25, -0.2) is 8.78 Å². The number of rotatable bonds is 7. The smallest absolute Gasteiger partial charge is 0.417 e. The lowest BCUT2D eigenvalue weighted by Crippen LogP contribution is -2.60. The molecule has 0 aliphatic carbocycles. The summed E-state index contributed by atoms with van der Waals surface area (Å²) in [4.78, 5) is 30.1. The number of pyridine rings is 1. The number of nitrogens with one attached hydrogen (secondary N) is 1. The number of halogens is 6. The van der Waals surface area contributed by atoms with Crippen LogP contribution in [0.15, 0.2) is 30.5 Å². The second-order valence-corrected chi connectivity index (χ2v) is 10.1. The number of hydrogen-bond acceptors (Lipinski definition) is 6. The normalized spacial score (nSPS) is 26.6. The Morgan fingerprint density at radius 2 is 1.92 bits per heavy atom. The maximum absolute atomic E-state index is 15.0. The lowest BCUT2D eigenvalue weighted by Gasteiger charge is -2.41. The molecule has 4 atom stereocenters. The topological polar surface area (TPSA) is 107 Å². The van der Waals surface area contributed by atoms with E-state index in [1.165, 1.54) is 6.07 Å². The molecule has 3 heterocycles. The lowest BCUT2D eigenvalue weighted by atomic mass is 9.77. The minimum Gasteiger partial charge on any atom is -0.487 e. The van der Waals surface area contributed by atoms with E-state index in [-0.39, 0.29) is 30.0 Å².